The van der Waals surface area contributed by atoms with Crippen molar-refractivity contribution < 1.29 is 9.53 Å². The standard InChI is InChI=1S/C30H31N5O3S/c1-7-38-29(37)26-19(3)31-30-34(27(26)21-13-15-22(16-14-21)33(5)6)28(36)25(39-30)17-24-18(2)32-35(20(24)4)23-11-9-8-10-12-23/h8-17,27H,7H2,1-6H3/b25-17-/t27-/m1/s1. The second kappa shape index (κ2) is 10.5. The summed E-state index contributed by atoms with van der Waals surface area (Å²) in [6.45, 7) is 7.73. The Labute approximate surface area is 230 Å². The fraction of sp³-hybridized carbons (Fsp3) is 0.267. The molecule has 1 aliphatic heterocycles. The predicted molar refractivity (Wildman–Crippen MR) is 154 cm³/mol. The van der Waals surface area contributed by atoms with Gasteiger partial charge in [-0.15, -0.1) is 0 Å². The van der Waals surface area contributed by atoms with Crippen molar-refractivity contribution in [2.24, 2.45) is 4.99 Å². The number of para-hydroxylation sites is 1. The molecule has 4 aromatic rings. The van der Waals surface area contributed by atoms with Gasteiger partial charge in [0.1, 0.15) is 0 Å². The molecule has 0 amide bonds. The van der Waals surface area contributed by atoms with Crippen molar-refractivity contribution in [1.29, 1.82) is 0 Å². The van der Waals surface area contributed by atoms with E-state index in [9.17, 15) is 9.59 Å². The second-order valence-electron chi connectivity index (χ2n) is 9.62. The molecule has 1 aliphatic rings. The quantitative estimate of drug-likeness (QED) is 0.348. The van der Waals surface area contributed by atoms with Gasteiger partial charge in [0.2, 0.25) is 0 Å². The van der Waals surface area contributed by atoms with E-state index in [4.69, 9.17) is 9.84 Å². The fourth-order valence-electron chi connectivity index (χ4n) is 4.88. The summed E-state index contributed by atoms with van der Waals surface area (Å²) in [4.78, 5) is 34.3. The van der Waals surface area contributed by atoms with Gasteiger partial charge in [0, 0.05) is 31.0 Å². The van der Waals surface area contributed by atoms with Gasteiger partial charge >= 0.3 is 5.97 Å². The highest BCUT2D eigenvalue weighted by Gasteiger charge is 2.33. The maximum Gasteiger partial charge on any atom is 0.338 e. The van der Waals surface area contributed by atoms with Crippen LogP contribution in [0.4, 0.5) is 5.69 Å². The van der Waals surface area contributed by atoms with Gasteiger partial charge in [0.15, 0.2) is 4.80 Å². The van der Waals surface area contributed by atoms with E-state index in [-0.39, 0.29) is 12.2 Å². The van der Waals surface area contributed by atoms with E-state index < -0.39 is 12.0 Å². The Balaban J connectivity index is 1.69. The van der Waals surface area contributed by atoms with Crippen molar-refractivity contribution in [3.05, 3.63) is 108 Å². The van der Waals surface area contributed by atoms with Crippen LogP contribution in [-0.2, 0) is 9.53 Å². The number of aryl methyl sites for hydroxylation is 1. The van der Waals surface area contributed by atoms with Gasteiger partial charge in [-0.1, -0.05) is 41.7 Å². The average molecular weight is 542 g/mol. The van der Waals surface area contributed by atoms with Crippen LogP contribution in [0.25, 0.3) is 11.8 Å². The second-order valence-corrected chi connectivity index (χ2v) is 10.6. The first-order chi connectivity index (χ1) is 18.7. The van der Waals surface area contributed by atoms with Gasteiger partial charge in [-0.3, -0.25) is 9.36 Å². The SMILES string of the molecule is CCOC(=O)C1=C(C)N=c2s/c(=C\c3c(C)nn(-c4ccccc4)c3C)c(=O)n2[C@@H]1c1ccc(N(C)C)cc1. The Morgan fingerprint density at radius 2 is 1.77 bits per heavy atom. The normalized spacial score (nSPS) is 15.2. The predicted octanol–water partition coefficient (Wildman–Crippen LogP) is 3.67. The van der Waals surface area contributed by atoms with Crippen LogP contribution in [-0.4, -0.2) is 41.0 Å². The molecular formula is C30H31N5O3S. The molecule has 0 fully saturated rings. The number of allylic oxidation sites excluding steroid dienone is 1. The van der Waals surface area contributed by atoms with Gasteiger partial charge in [-0.2, -0.15) is 5.10 Å². The molecule has 1 atom stereocenters. The Morgan fingerprint density at radius 3 is 2.41 bits per heavy atom. The van der Waals surface area contributed by atoms with Crippen molar-refractivity contribution in [3.8, 4) is 5.69 Å². The number of anilines is 1. The van der Waals surface area contributed by atoms with Crippen molar-refractivity contribution in [1.82, 2.24) is 14.3 Å². The summed E-state index contributed by atoms with van der Waals surface area (Å²) < 4.78 is 9.43. The summed E-state index contributed by atoms with van der Waals surface area (Å²) in [6, 6.07) is 17.1. The van der Waals surface area contributed by atoms with Crippen molar-refractivity contribution in [2.75, 3.05) is 25.6 Å². The van der Waals surface area contributed by atoms with Gasteiger partial charge in [-0.05, 0) is 63.6 Å². The van der Waals surface area contributed by atoms with Gasteiger partial charge in [-0.25, -0.2) is 14.5 Å². The molecular weight excluding hydrogens is 510 g/mol. The molecule has 9 heteroatoms. The number of carbonyl (C=O) groups is 1. The van der Waals surface area contributed by atoms with Crippen LogP contribution in [0.15, 0.2) is 75.7 Å². The van der Waals surface area contributed by atoms with Gasteiger partial charge in [0.25, 0.3) is 5.56 Å². The lowest BCUT2D eigenvalue weighted by Crippen LogP contribution is -2.40. The third-order valence-electron chi connectivity index (χ3n) is 6.87. The molecule has 8 nitrogen and oxygen atoms in total. The minimum Gasteiger partial charge on any atom is -0.463 e. The molecule has 2 aromatic carbocycles. The Bertz CT molecular complexity index is 1760. The van der Waals surface area contributed by atoms with Crippen LogP contribution in [0, 0.1) is 13.8 Å². The highest BCUT2D eigenvalue weighted by atomic mass is 32.1. The fourth-order valence-corrected chi connectivity index (χ4v) is 5.91. The average Bonchev–Trinajstić information content (AvgIpc) is 3.38. The highest BCUT2D eigenvalue weighted by Crippen LogP contribution is 2.31. The number of thiazole rings is 1. The van der Waals surface area contributed by atoms with Crippen LogP contribution in [0.2, 0.25) is 0 Å². The lowest BCUT2D eigenvalue weighted by atomic mass is 9.95. The first-order valence-corrected chi connectivity index (χ1v) is 13.6. The zero-order chi connectivity index (χ0) is 27.8. The Hall–Kier alpha value is -4.24. The third-order valence-corrected chi connectivity index (χ3v) is 7.85. The number of esters is 1. The molecule has 0 spiro atoms. The lowest BCUT2D eigenvalue weighted by molar-refractivity contribution is -0.139. The van der Waals surface area contributed by atoms with E-state index >= 15 is 0 Å². The third kappa shape index (κ3) is 4.74. The van der Waals surface area contributed by atoms with E-state index in [2.05, 4.69) is 4.99 Å². The molecule has 0 saturated heterocycles. The number of nitrogens with zero attached hydrogens (tertiary/aromatic N) is 5. The minimum atomic E-state index is -0.645. The van der Waals surface area contributed by atoms with Crippen LogP contribution in [0.5, 0.6) is 0 Å². The molecule has 3 heterocycles. The van der Waals surface area contributed by atoms with Crippen molar-refractivity contribution >= 4 is 29.1 Å². The molecule has 200 valence electrons. The molecule has 0 saturated carbocycles. The van der Waals surface area contributed by atoms with E-state index in [0.29, 0.717) is 20.6 Å². The topological polar surface area (TPSA) is 81.7 Å². The van der Waals surface area contributed by atoms with Crippen LogP contribution in [0.1, 0.15) is 42.4 Å². The van der Waals surface area contributed by atoms with Crippen molar-refractivity contribution in [2.45, 2.75) is 33.7 Å². The minimum absolute atomic E-state index is 0.207. The number of hydrogen-bond acceptors (Lipinski definition) is 7. The maximum absolute atomic E-state index is 14.0. The van der Waals surface area contributed by atoms with E-state index in [0.717, 1.165) is 33.9 Å². The summed E-state index contributed by atoms with van der Waals surface area (Å²) in [5.41, 5.74) is 6.14. The van der Waals surface area contributed by atoms with E-state index in [1.54, 1.807) is 18.4 Å². The van der Waals surface area contributed by atoms with Crippen LogP contribution in [0.3, 0.4) is 0 Å². The van der Waals surface area contributed by atoms with Crippen LogP contribution < -0.4 is 19.8 Å². The summed E-state index contributed by atoms with van der Waals surface area (Å²) in [5, 5.41) is 4.73. The van der Waals surface area contributed by atoms with Gasteiger partial charge < -0.3 is 9.64 Å². The zero-order valence-electron chi connectivity index (χ0n) is 22.9. The molecule has 0 aliphatic carbocycles. The summed E-state index contributed by atoms with van der Waals surface area (Å²) in [5.74, 6) is -0.467. The monoisotopic (exact) mass is 541 g/mol. The molecule has 0 N–H and O–H groups in total. The largest absolute Gasteiger partial charge is 0.463 e. The number of carbonyl (C=O) groups excluding carboxylic acids is 1. The summed E-state index contributed by atoms with van der Waals surface area (Å²) >= 11 is 1.31. The number of aromatic nitrogens is 3. The zero-order valence-corrected chi connectivity index (χ0v) is 23.7. The number of ether oxygens (including phenoxy) is 1. The Morgan fingerprint density at radius 1 is 1.08 bits per heavy atom. The van der Waals surface area contributed by atoms with Crippen LogP contribution >= 0.6 is 11.3 Å². The molecule has 39 heavy (non-hydrogen) atoms. The maximum atomic E-state index is 14.0. The summed E-state index contributed by atoms with van der Waals surface area (Å²) in [6.07, 6.45) is 1.89. The highest BCUT2D eigenvalue weighted by molar-refractivity contribution is 7.07. The number of rotatable bonds is 6. The first-order valence-electron chi connectivity index (χ1n) is 12.8. The smallest absolute Gasteiger partial charge is 0.338 e. The Kier molecular flexibility index (Phi) is 7.10. The molecule has 0 bridgehead atoms. The van der Waals surface area contributed by atoms with Gasteiger partial charge in [0.05, 0.1) is 39.8 Å². The van der Waals surface area contributed by atoms with E-state index in [1.165, 1.54) is 11.3 Å². The molecule has 2 aromatic heterocycles. The van der Waals surface area contributed by atoms with Crippen molar-refractivity contribution in [3.63, 3.8) is 0 Å². The first kappa shape index (κ1) is 26.4. The lowest BCUT2D eigenvalue weighted by Gasteiger charge is -2.25. The van der Waals surface area contributed by atoms with E-state index in [1.807, 2.05) is 98.2 Å². The molecule has 0 unspecified atom stereocenters. The molecule has 5 rings (SSSR count). The number of benzene rings is 2. The summed E-state index contributed by atoms with van der Waals surface area (Å²) in [7, 11) is 3.94. The number of hydrogen-bond donors (Lipinski definition) is 0. The molecule has 0 radical (unpaired) electrons. The number of fused-ring (bicyclic) bond motifs is 1.